The molecule has 2 N–H and O–H groups in total. The molecule has 0 spiro atoms. The molecule has 1 aliphatic heterocycles. The summed E-state index contributed by atoms with van der Waals surface area (Å²) < 4.78 is 5.64. The Balaban J connectivity index is 0.00000225. The molecule has 0 aromatic heterocycles. The fourth-order valence-corrected chi connectivity index (χ4v) is 3.91. The van der Waals surface area contributed by atoms with Crippen molar-refractivity contribution in [3.05, 3.63) is 35.4 Å². The first kappa shape index (κ1) is 20.2. The molecule has 1 amide bonds. The molecule has 2 aliphatic rings. The molecular weight excluding hydrogens is 338 g/mol. The topological polar surface area (TPSA) is 53.6 Å². The highest BCUT2D eigenvalue weighted by molar-refractivity contribution is 5.94. The predicted octanol–water partition coefficient (Wildman–Crippen LogP) is 2.06. The lowest BCUT2D eigenvalue weighted by atomic mass is 9.94. The monoisotopic (exact) mass is 367 g/mol. The Bertz CT molecular complexity index is 561. The summed E-state index contributed by atoms with van der Waals surface area (Å²) in [5.41, 5.74) is 1.92. The standard InChI is InChI=1S/C19H29N3O2.ClH/c1-22(2)19(23)15-6-3-5-14(11-15)12-21-17-8-4-7-16(17)18-13-24-10-9-20-18;/h3,5-6,11,16-18,20-21H,4,7-10,12-13H2,1-2H3;1H. The van der Waals surface area contributed by atoms with Crippen LogP contribution in [0.25, 0.3) is 0 Å². The molecule has 25 heavy (non-hydrogen) atoms. The van der Waals surface area contributed by atoms with E-state index >= 15 is 0 Å². The average molecular weight is 368 g/mol. The van der Waals surface area contributed by atoms with Crippen molar-refractivity contribution in [2.75, 3.05) is 33.9 Å². The van der Waals surface area contributed by atoms with Crippen LogP contribution >= 0.6 is 12.4 Å². The first-order valence-electron chi connectivity index (χ1n) is 9.00. The Morgan fingerprint density at radius 2 is 2.20 bits per heavy atom. The number of carbonyl (C=O) groups is 1. The zero-order valence-corrected chi connectivity index (χ0v) is 16.0. The molecule has 6 heteroatoms. The molecule has 140 valence electrons. The number of ether oxygens (including phenoxy) is 1. The fourth-order valence-electron chi connectivity index (χ4n) is 3.91. The van der Waals surface area contributed by atoms with Crippen molar-refractivity contribution in [3.8, 4) is 0 Å². The van der Waals surface area contributed by atoms with Gasteiger partial charge in [0, 0.05) is 44.8 Å². The van der Waals surface area contributed by atoms with Crippen molar-refractivity contribution >= 4 is 18.3 Å². The van der Waals surface area contributed by atoms with Gasteiger partial charge < -0.3 is 20.3 Å². The van der Waals surface area contributed by atoms with E-state index in [1.54, 1.807) is 19.0 Å². The van der Waals surface area contributed by atoms with Gasteiger partial charge in [-0.3, -0.25) is 4.79 Å². The van der Waals surface area contributed by atoms with E-state index < -0.39 is 0 Å². The summed E-state index contributed by atoms with van der Waals surface area (Å²) in [7, 11) is 3.57. The number of nitrogens with one attached hydrogen (secondary N) is 2. The van der Waals surface area contributed by atoms with Crippen LogP contribution in [0.5, 0.6) is 0 Å². The molecular formula is C19H30ClN3O2. The van der Waals surface area contributed by atoms with Gasteiger partial charge in [0.1, 0.15) is 0 Å². The summed E-state index contributed by atoms with van der Waals surface area (Å²) in [5, 5.41) is 7.33. The third-order valence-corrected chi connectivity index (χ3v) is 5.19. The highest BCUT2D eigenvalue weighted by Crippen LogP contribution is 2.29. The Hall–Kier alpha value is -1.14. The van der Waals surface area contributed by atoms with E-state index in [-0.39, 0.29) is 18.3 Å². The lowest BCUT2D eigenvalue weighted by Gasteiger charge is -2.33. The van der Waals surface area contributed by atoms with Crippen LogP contribution in [0.3, 0.4) is 0 Å². The minimum absolute atomic E-state index is 0. The summed E-state index contributed by atoms with van der Waals surface area (Å²) in [6.07, 6.45) is 3.76. The van der Waals surface area contributed by atoms with Crippen molar-refractivity contribution in [1.29, 1.82) is 0 Å². The number of rotatable bonds is 5. The third-order valence-electron chi connectivity index (χ3n) is 5.19. The minimum Gasteiger partial charge on any atom is -0.379 e. The van der Waals surface area contributed by atoms with Crippen LogP contribution in [0.4, 0.5) is 0 Å². The highest BCUT2D eigenvalue weighted by atomic mass is 35.5. The van der Waals surface area contributed by atoms with Gasteiger partial charge in [-0.15, -0.1) is 12.4 Å². The Morgan fingerprint density at radius 1 is 1.36 bits per heavy atom. The smallest absolute Gasteiger partial charge is 0.253 e. The van der Waals surface area contributed by atoms with Crippen molar-refractivity contribution in [1.82, 2.24) is 15.5 Å². The molecule has 5 nitrogen and oxygen atoms in total. The highest BCUT2D eigenvalue weighted by Gasteiger charge is 2.34. The lowest BCUT2D eigenvalue weighted by Crippen LogP contribution is -2.50. The summed E-state index contributed by atoms with van der Waals surface area (Å²) in [4.78, 5) is 13.7. The summed E-state index contributed by atoms with van der Waals surface area (Å²) in [6, 6.07) is 8.94. The zero-order valence-electron chi connectivity index (χ0n) is 15.2. The van der Waals surface area contributed by atoms with Crippen LogP contribution in [-0.2, 0) is 11.3 Å². The van der Waals surface area contributed by atoms with Crippen LogP contribution in [0.15, 0.2) is 24.3 Å². The van der Waals surface area contributed by atoms with Crippen LogP contribution in [0.1, 0.15) is 35.2 Å². The Kier molecular flexibility index (Phi) is 7.69. The van der Waals surface area contributed by atoms with Crippen molar-refractivity contribution in [2.45, 2.75) is 37.9 Å². The SMILES string of the molecule is CN(C)C(=O)c1cccc(CNC2CCCC2C2COCCN2)c1.Cl. The van der Waals surface area contributed by atoms with Gasteiger partial charge in [-0.2, -0.15) is 0 Å². The predicted molar refractivity (Wildman–Crippen MR) is 102 cm³/mol. The zero-order chi connectivity index (χ0) is 16.9. The molecule has 1 aromatic rings. The number of benzene rings is 1. The summed E-state index contributed by atoms with van der Waals surface area (Å²) in [6.45, 7) is 3.43. The summed E-state index contributed by atoms with van der Waals surface area (Å²) in [5.74, 6) is 0.691. The molecule has 3 rings (SSSR count). The first-order chi connectivity index (χ1) is 11.6. The van der Waals surface area contributed by atoms with E-state index in [0.717, 1.165) is 31.9 Å². The molecule has 1 aliphatic carbocycles. The van der Waals surface area contributed by atoms with Crippen LogP contribution < -0.4 is 10.6 Å². The number of nitrogens with zero attached hydrogens (tertiary/aromatic N) is 1. The van der Waals surface area contributed by atoms with Gasteiger partial charge in [0.2, 0.25) is 0 Å². The molecule has 1 saturated carbocycles. The number of carbonyl (C=O) groups excluding carboxylic acids is 1. The average Bonchev–Trinajstić information content (AvgIpc) is 3.09. The van der Waals surface area contributed by atoms with Gasteiger partial charge >= 0.3 is 0 Å². The van der Waals surface area contributed by atoms with Gasteiger partial charge in [0.15, 0.2) is 0 Å². The van der Waals surface area contributed by atoms with E-state index in [2.05, 4.69) is 16.7 Å². The van der Waals surface area contributed by atoms with Crippen LogP contribution in [0, 0.1) is 5.92 Å². The van der Waals surface area contributed by atoms with Crippen molar-refractivity contribution < 1.29 is 9.53 Å². The maximum Gasteiger partial charge on any atom is 0.253 e. The lowest BCUT2D eigenvalue weighted by molar-refractivity contribution is 0.0524. The summed E-state index contributed by atoms with van der Waals surface area (Å²) >= 11 is 0. The second-order valence-electron chi connectivity index (χ2n) is 7.12. The second-order valence-corrected chi connectivity index (χ2v) is 7.12. The maximum atomic E-state index is 12.1. The molecule has 1 heterocycles. The third kappa shape index (κ3) is 5.17. The number of morpholine rings is 1. The van der Waals surface area contributed by atoms with E-state index in [1.807, 2.05) is 18.2 Å². The second kappa shape index (κ2) is 9.53. The molecule has 2 fully saturated rings. The quantitative estimate of drug-likeness (QED) is 0.836. The number of hydrogen-bond acceptors (Lipinski definition) is 4. The van der Waals surface area contributed by atoms with E-state index in [1.165, 1.54) is 24.8 Å². The van der Waals surface area contributed by atoms with Crippen LogP contribution in [-0.4, -0.2) is 56.7 Å². The van der Waals surface area contributed by atoms with E-state index in [9.17, 15) is 4.79 Å². The molecule has 3 unspecified atom stereocenters. The van der Waals surface area contributed by atoms with Crippen LogP contribution in [0.2, 0.25) is 0 Å². The van der Waals surface area contributed by atoms with Gasteiger partial charge in [-0.25, -0.2) is 0 Å². The Morgan fingerprint density at radius 3 is 2.92 bits per heavy atom. The molecule has 0 bridgehead atoms. The molecule has 0 radical (unpaired) electrons. The number of halogens is 1. The molecule has 1 saturated heterocycles. The Labute approximate surface area is 156 Å². The van der Waals surface area contributed by atoms with E-state index in [0.29, 0.717) is 18.0 Å². The van der Waals surface area contributed by atoms with Crippen molar-refractivity contribution in [3.63, 3.8) is 0 Å². The normalized spacial score (nSPS) is 26.1. The maximum absolute atomic E-state index is 12.1. The number of amides is 1. The minimum atomic E-state index is 0. The van der Waals surface area contributed by atoms with E-state index in [4.69, 9.17) is 4.74 Å². The molecule has 3 atom stereocenters. The molecule has 1 aromatic carbocycles. The van der Waals surface area contributed by atoms with Gasteiger partial charge in [-0.1, -0.05) is 18.6 Å². The first-order valence-corrected chi connectivity index (χ1v) is 9.00. The fraction of sp³-hybridized carbons (Fsp3) is 0.632. The van der Waals surface area contributed by atoms with Gasteiger partial charge in [0.05, 0.1) is 13.2 Å². The largest absolute Gasteiger partial charge is 0.379 e. The van der Waals surface area contributed by atoms with Gasteiger partial charge in [-0.05, 0) is 36.5 Å². The van der Waals surface area contributed by atoms with Gasteiger partial charge in [0.25, 0.3) is 5.91 Å². The number of hydrogen-bond donors (Lipinski definition) is 2. The van der Waals surface area contributed by atoms with Crippen molar-refractivity contribution in [2.24, 2.45) is 5.92 Å².